The molecule has 0 aliphatic carbocycles. The summed E-state index contributed by atoms with van der Waals surface area (Å²) in [6.45, 7) is 2.76. The Morgan fingerprint density at radius 1 is 1.30 bits per heavy atom. The van der Waals surface area contributed by atoms with Crippen molar-refractivity contribution in [2.75, 3.05) is 32.6 Å². The third kappa shape index (κ3) is 2.56. The van der Waals surface area contributed by atoms with Crippen LogP contribution in [0.1, 0.15) is 17.7 Å². The number of methoxy groups -OCH3 is 1. The second kappa shape index (κ2) is 6.09. The smallest absolute Gasteiger partial charge is 0.145 e. The molecule has 1 aromatic heterocycles. The molecule has 1 aromatic carbocycles. The zero-order valence-electron chi connectivity index (χ0n) is 12.7. The predicted octanol–water partition coefficient (Wildman–Crippen LogP) is 2.51. The minimum absolute atomic E-state index is 0.697. The molecule has 0 radical (unpaired) electrons. The van der Waals surface area contributed by atoms with Crippen molar-refractivity contribution in [3.63, 3.8) is 0 Å². The molecule has 20 heavy (non-hydrogen) atoms. The van der Waals surface area contributed by atoms with E-state index < -0.39 is 0 Å². The summed E-state index contributed by atoms with van der Waals surface area (Å²) < 4.78 is 5.44. The van der Waals surface area contributed by atoms with Gasteiger partial charge >= 0.3 is 0 Å². The number of aryl methyl sites for hydroxylation is 1. The van der Waals surface area contributed by atoms with E-state index in [1.807, 2.05) is 12.1 Å². The van der Waals surface area contributed by atoms with Crippen LogP contribution >= 0.6 is 0 Å². The highest BCUT2D eigenvalue weighted by atomic mass is 16.5. The molecule has 4 nitrogen and oxygen atoms in total. The lowest BCUT2D eigenvalue weighted by atomic mass is 10.0. The van der Waals surface area contributed by atoms with Crippen LogP contribution in [0.2, 0.25) is 0 Å². The molecule has 0 bridgehead atoms. The third-order valence-corrected chi connectivity index (χ3v) is 3.55. The lowest BCUT2D eigenvalue weighted by Crippen LogP contribution is -2.15. The number of rotatable bonds is 5. The molecule has 108 valence electrons. The molecule has 0 amide bonds. The number of anilines is 1. The minimum atomic E-state index is 0.697. The number of hydrogen-bond acceptors (Lipinski definition) is 4. The van der Waals surface area contributed by atoms with Crippen LogP contribution in [0.5, 0.6) is 5.75 Å². The van der Waals surface area contributed by atoms with Crippen LogP contribution in [0, 0.1) is 6.92 Å². The number of fused-ring (bicyclic) bond motifs is 1. The molecule has 1 heterocycles. The molecule has 2 N–H and O–H groups in total. The standard InChI is InChI=1S/C16H23N3O/c1-11-12(8-6-10-17)16(19(2)3)13-7-5-9-14(20-4)15(13)18-11/h5,7,9H,6,8,10,17H2,1-4H3. The van der Waals surface area contributed by atoms with Gasteiger partial charge in [0.1, 0.15) is 11.3 Å². The number of ether oxygens (including phenoxy) is 1. The normalized spacial score (nSPS) is 10.8. The van der Waals surface area contributed by atoms with E-state index in [2.05, 4.69) is 32.0 Å². The Labute approximate surface area is 120 Å². The lowest BCUT2D eigenvalue weighted by Gasteiger charge is -2.22. The fourth-order valence-corrected chi connectivity index (χ4v) is 2.65. The van der Waals surface area contributed by atoms with Crippen LogP contribution in [0.15, 0.2) is 18.2 Å². The third-order valence-electron chi connectivity index (χ3n) is 3.55. The van der Waals surface area contributed by atoms with Crippen molar-refractivity contribution in [1.82, 2.24) is 4.98 Å². The van der Waals surface area contributed by atoms with E-state index in [-0.39, 0.29) is 0 Å². The number of hydrogen-bond donors (Lipinski definition) is 1. The summed E-state index contributed by atoms with van der Waals surface area (Å²) >= 11 is 0. The maximum atomic E-state index is 5.66. The molecular formula is C16H23N3O. The average molecular weight is 273 g/mol. The van der Waals surface area contributed by atoms with Crippen molar-refractivity contribution in [3.05, 3.63) is 29.5 Å². The van der Waals surface area contributed by atoms with Gasteiger partial charge in [0.2, 0.25) is 0 Å². The molecule has 0 atom stereocenters. The van der Waals surface area contributed by atoms with Crippen LogP contribution in [0.4, 0.5) is 5.69 Å². The second-order valence-corrected chi connectivity index (χ2v) is 5.17. The number of benzene rings is 1. The Kier molecular flexibility index (Phi) is 4.45. The largest absolute Gasteiger partial charge is 0.494 e. The van der Waals surface area contributed by atoms with Crippen molar-refractivity contribution in [2.24, 2.45) is 5.73 Å². The van der Waals surface area contributed by atoms with E-state index in [9.17, 15) is 0 Å². The quantitative estimate of drug-likeness (QED) is 0.909. The summed E-state index contributed by atoms with van der Waals surface area (Å²) in [5, 5.41) is 1.13. The van der Waals surface area contributed by atoms with Crippen molar-refractivity contribution in [3.8, 4) is 5.75 Å². The molecule has 0 unspecified atom stereocenters. The first kappa shape index (κ1) is 14.6. The lowest BCUT2D eigenvalue weighted by molar-refractivity contribution is 0.419. The molecule has 0 fully saturated rings. The highest BCUT2D eigenvalue weighted by Crippen LogP contribution is 2.35. The van der Waals surface area contributed by atoms with Gasteiger partial charge in [-0.25, -0.2) is 4.98 Å². The number of nitrogens with zero attached hydrogens (tertiary/aromatic N) is 2. The molecule has 0 aliphatic rings. The number of nitrogens with two attached hydrogens (primary N) is 1. The molecular weight excluding hydrogens is 250 g/mol. The fourth-order valence-electron chi connectivity index (χ4n) is 2.65. The Morgan fingerprint density at radius 2 is 2.05 bits per heavy atom. The monoisotopic (exact) mass is 273 g/mol. The molecule has 0 saturated heterocycles. The Bertz CT molecular complexity index is 608. The maximum Gasteiger partial charge on any atom is 0.145 e. The Hall–Kier alpha value is -1.81. The van der Waals surface area contributed by atoms with Crippen LogP contribution in [-0.2, 0) is 6.42 Å². The van der Waals surface area contributed by atoms with Gasteiger partial charge in [-0.2, -0.15) is 0 Å². The minimum Gasteiger partial charge on any atom is -0.494 e. The van der Waals surface area contributed by atoms with E-state index >= 15 is 0 Å². The summed E-state index contributed by atoms with van der Waals surface area (Å²) in [6.07, 6.45) is 1.93. The predicted molar refractivity (Wildman–Crippen MR) is 84.7 cm³/mol. The summed E-state index contributed by atoms with van der Waals surface area (Å²) in [7, 11) is 5.82. The van der Waals surface area contributed by atoms with E-state index in [1.165, 1.54) is 11.3 Å². The maximum absolute atomic E-state index is 5.66. The number of para-hydroxylation sites is 1. The van der Waals surface area contributed by atoms with Gasteiger partial charge in [-0.1, -0.05) is 12.1 Å². The van der Waals surface area contributed by atoms with Crippen molar-refractivity contribution < 1.29 is 4.74 Å². The zero-order valence-corrected chi connectivity index (χ0v) is 12.7. The van der Waals surface area contributed by atoms with Crippen LogP contribution in [-0.4, -0.2) is 32.7 Å². The Balaban J connectivity index is 2.74. The molecule has 2 rings (SSSR count). The topological polar surface area (TPSA) is 51.4 Å². The Morgan fingerprint density at radius 3 is 2.65 bits per heavy atom. The van der Waals surface area contributed by atoms with Gasteiger partial charge in [0.15, 0.2) is 0 Å². The molecule has 4 heteroatoms. The van der Waals surface area contributed by atoms with Gasteiger partial charge in [-0.3, -0.25) is 0 Å². The van der Waals surface area contributed by atoms with Gasteiger partial charge in [-0.05, 0) is 37.9 Å². The first-order valence-electron chi connectivity index (χ1n) is 6.93. The van der Waals surface area contributed by atoms with Gasteiger partial charge in [0.25, 0.3) is 0 Å². The van der Waals surface area contributed by atoms with Crippen LogP contribution in [0.3, 0.4) is 0 Å². The average Bonchev–Trinajstić information content (AvgIpc) is 2.43. The van der Waals surface area contributed by atoms with E-state index in [0.717, 1.165) is 35.2 Å². The molecule has 2 aromatic rings. The SMILES string of the molecule is COc1cccc2c(N(C)C)c(CCCN)c(C)nc12. The number of aromatic nitrogens is 1. The van der Waals surface area contributed by atoms with Crippen molar-refractivity contribution in [2.45, 2.75) is 19.8 Å². The first-order chi connectivity index (χ1) is 9.60. The first-order valence-corrected chi connectivity index (χ1v) is 6.93. The zero-order chi connectivity index (χ0) is 14.7. The van der Waals surface area contributed by atoms with Gasteiger partial charge in [-0.15, -0.1) is 0 Å². The van der Waals surface area contributed by atoms with Gasteiger partial charge in [0, 0.05) is 25.2 Å². The van der Waals surface area contributed by atoms with E-state index in [4.69, 9.17) is 15.5 Å². The van der Waals surface area contributed by atoms with Crippen molar-refractivity contribution in [1.29, 1.82) is 0 Å². The van der Waals surface area contributed by atoms with Gasteiger partial charge < -0.3 is 15.4 Å². The van der Waals surface area contributed by atoms with E-state index in [1.54, 1.807) is 7.11 Å². The highest BCUT2D eigenvalue weighted by molar-refractivity contribution is 5.97. The van der Waals surface area contributed by atoms with E-state index in [0.29, 0.717) is 6.54 Å². The molecule has 0 saturated carbocycles. The fraction of sp³-hybridized carbons (Fsp3) is 0.438. The molecule has 0 aliphatic heterocycles. The highest BCUT2D eigenvalue weighted by Gasteiger charge is 2.16. The summed E-state index contributed by atoms with van der Waals surface area (Å²) in [5.41, 5.74) is 10.1. The van der Waals surface area contributed by atoms with Crippen LogP contribution < -0.4 is 15.4 Å². The van der Waals surface area contributed by atoms with Gasteiger partial charge in [0.05, 0.1) is 12.8 Å². The number of pyridine rings is 1. The second-order valence-electron chi connectivity index (χ2n) is 5.17. The molecule has 0 spiro atoms. The summed E-state index contributed by atoms with van der Waals surface area (Å²) in [5.74, 6) is 0.819. The summed E-state index contributed by atoms with van der Waals surface area (Å²) in [6, 6.07) is 6.07. The van der Waals surface area contributed by atoms with Crippen LogP contribution in [0.25, 0.3) is 10.9 Å². The summed E-state index contributed by atoms with van der Waals surface area (Å²) in [4.78, 5) is 6.90. The van der Waals surface area contributed by atoms with Crippen molar-refractivity contribution >= 4 is 16.6 Å².